The van der Waals surface area contributed by atoms with Gasteiger partial charge in [0.1, 0.15) is 12.3 Å². The van der Waals surface area contributed by atoms with Crippen LogP contribution in [0.5, 0.6) is 0 Å². The van der Waals surface area contributed by atoms with Crippen LogP contribution in [0.4, 0.5) is 5.88 Å². The van der Waals surface area contributed by atoms with Gasteiger partial charge in [-0.25, -0.2) is 0 Å². The van der Waals surface area contributed by atoms with Crippen molar-refractivity contribution < 1.29 is 14.4 Å². The molecule has 6 nitrogen and oxygen atoms in total. The molecule has 0 saturated carbocycles. The van der Waals surface area contributed by atoms with Gasteiger partial charge in [-0.3, -0.25) is 4.90 Å². The van der Waals surface area contributed by atoms with Gasteiger partial charge in [-0.15, -0.1) is 6.42 Å². The Morgan fingerprint density at radius 2 is 1.90 bits per heavy atom. The van der Waals surface area contributed by atoms with Crippen molar-refractivity contribution in [3.8, 4) is 23.6 Å². The zero-order valence-corrected chi connectivity index (χ0v) is 19.5. The fourth-order valence-corrected chi connectivity index (χ4v) is 3.28. The number of anilines is 1. The second-order valence-electron chi connectivity index (χ2n) is 8.68. The first-order valence-corrected chi connectivity index (χ1v) is 11.0. The summed E-state index contributed by atoms with van der Waals surface area (Å²) < 4.78 is 11.2. The number of aliphatic hydroxyl groups excluding tert-OH is 1. The molecule has 0 aliphatic rings. The molecule has 0 aliphatic carbocycles. The molecule has 2 rings (SSSR count). The van der Waals surface area contributed by atoms with E-state index in [9.17, 15) is 5.11 Å². The molecule has 0 bridgehead atoms. The molecule has 0 amide bonds. The molecule has 0 spiro atoms. The van der Waals surface area contributed by atoms with Crippen molar-refractivity contribution in [3.63, 3.8) is 0 Å². The van der Waals surface area contributed by atoms with Crippen molar-refractivity contribution in [3.05, 3.63) is 35.9 Å². The number of hydrogen-bond donors (Lipinski definition) is 1. The maximum atomic E-state index is 10.5. The largest absolute Gasteiger partial charge is 0.389 e. The minimum absolute atomic E-state index is 0.205. The van der Waals surface area contributed by atoms with Gasteiger partial charge in [0.25, 0.3) is 0 Å². The number of hydrogen-bond acceptors (Lipinski definition) is 6. The Hall–Kier alpha value is -2.33. The molecule has 2 aromatic rings. The Morgan fingerprint density at radius 3 is 2.52 bits per heavy atom. The first-order chi connectivity index (χ1) is 14.8. The minimum atomic E-state index is -0.619. The van der Waals surface area contributed by atoms with E-state index >= 15 is 0 Å². The number of nitrogens with zero attached hydrogens (tertiary/aromatic N) is 3. The zero-order chi connectivity index (χ0) is 22.8. The van der Waals surface area contributed by atoms with Gasteiger partial charge in [0.15, 0.2) is 0 Å². The van der Waals surface area contributed by atoms with E-state index in [-0.39, 0.29) is 19.3 Å². The summed E-state index contributed by atoms with van der Waals surface area (Å²) >= 11 is 0. The van der Waals surface area contributed by atoms with Crippen molar-refractivity contribution in [2.75, 3.05) is 38.3 Å². The van der Waals surface area contributed by atoms with E-state index in [1.54, 1.807) is 0 Å². The van der Waals surface area contributed by atoms with E-state index in [1.165, 1.54) is 0 Å². The van der Waals surface area contributed by atoms with Gasteiger partial charge in [0.2, 0.25) is 5.88 Å². The van der Waals surface area contributed by atoms with Crippen molar-refractivity contribution in [2.24, 2.45) is 5.92 Å². The molecule has 0 fully saturated rings. The normalized spacial score (nSPS) is 12.5. The molecule has 1 aromatic carbocycles. The topological polar surface area (TPSA) is 62.0 Å². The smallest absolute Gasteiger partial charge is 0.232 e. The lowest BCUT2D eigenvalue weighted by atomic mass is 10.1. The molecule has 1 aromatic heterocycles. The Labute approximate surface area is 187 Å². The third-order valence-corrected chi connectivity index (χ3v) is 5.28. The Bertz CT molecular complexity index is 811. The molecule has 6 heteroatoms. The quantitative estimate of drug-likeness (QED) is 0.384. The lowest BCUT2D eigenvalue weighted by Gasteiger charge is -2.27. The van der Waals surface area contributed by atoms with E-state index in [1.807, 2.05) is 37.4 Å². The number of terminal acetylenes is 1. The summed E-state index contributed by atoms with van der Waals surface area (Å²) in [5, 5.41) is 14.9. The molecule has 0 saturated heterocycles. The van der Waals surface area contributed by atoms with Gasteiger partial charge >= 0.3 is 0 Å². The van der Waals surface area contributed by atoms with Crippen LogP contribution < -0.4 is 4.90 Å². The summed E-state index contributed by atoms with van der Waals surface area (Å²) in [5.74, 6) is 3.76. The number of benzene rings is 1. The van der Waals surface area contributed by atoms with Crippen LogP contribution in [0.25, 0.3) is 11.3 Å². The van der Waals surface area contributed by atoms with Crippen LogP contribution in [-0.4, -0.2) is 60.7 Å². The van der Waals surface area contributed by atoms with E-state index in [0.29, 0.717) is 19.0 Å². The van der Waals surface area contributed by atoms with Gasteiger partial charge in [0, 0.05) is 31.7 Å². The summed E-state index contributed by atoms with van der Waals surface area (Å²) in [6.07, 6.45) is 5.65. The fourth-order valence-electron chi connectivity index (χ4n) is 3.28. The lowest BCUT2D eigenvalue weighted by molar-refractivity contribution is 0.0252. The summed E-state index contributed by atoms with van der Waals surface area (Å²) in [7, 11) is 2.02. The SMILES string of the molecule is C#CCOC[C@H](O)CN(CCC(C)C)Cc1c(-c2ccccc2)noc1N(C)C(C)C. The monoisotopic (exact) mass is 427 g/mol. The number of aromatic nitrogens is 1. The van der Waals surface area contributed by atoms with Crippen LogP contribution in [0.1, 0.15) is 39.7 Å². The number of ether oxygens (including phenoxy) is 1. The maximum absolute atomic E-state index is 10.5. The van der Waals surface area contributed by atoms with Gasteiger partial charge in [-0.05, 0) is 32.7 Å². The zero-order valence-electron chi connectivity index (χ0n) is 19.5. The predicted octanol–water partition coefficient (Wildman–Crippen LogP) is 4.05. The van der Waals surface area contributed by atoms with Gasteiger partial charge in [0.05, 0.1) is 18.3 Å². The lowest BCUT2D eigenvalue weighted by Crippen LogP contribution is -2.36. The first-order valence-electron chi connectivity index (χ1n) is 11.0. The Balaban J connectivity index is 2.31. The number of rotatable bonds is 13. The third kappa shape index (κ3) is 7.70. The second kappa shape index (κ2) is 12.5. The van der Waals surface area contributed by atoms with Gasteiger partial charge in [-0.1, -0.05) is 55.3 Å². The van der Waals surface area contributed by atoms with E-state index in [0.717, 1.165) is 35.7 Å². The van der Waals surface area contributed by atoms with Crippen molar-refractivity contribution in [1.29, 1.82) is 0 Å². The van der Waals surface area contributed by atoms with Crippen LogP contribution >= 0.6 is 0 Å². The highest BCUT2D eigenvalue weighted by Gasteiger charge is 2.25. The summed E-state index contributed by atoms with van der Waals surface area (Å²) in [6.45, 7) is 11.0. The standard InChI is InChI=1S/C25H37N3O3/c1-7-15-30-18-22(29)16-28(14-13-19(2)3)17-23-24(21-11-9-8-10-12-21)26-31-25(23)27(6)20(4)5/h1,8-12,19-20,22,29H,13-18H2,2-6H3/t22-/m1/s1. The van der Waals surface area contributed by atoms with Crippen LogP contribution in [0.3, 0.4) is 0 Å². The average molecular weight is 428 g/mol. The van der Waals surface area contributed by atoms with E-state index < -0.39 is 6.10 Å². The van der Waals surface area contributed by atoms with Crippen molar-refractivity contribution in [1.82, 2.24) is 10.1 Å². The summed E-state index contributed by atoms with van der Waals surface area (Å²) in [4.78, 5) is 4.35. The van der Waals surface area contributed by atoms with Gasteiger partial charge in [-0.2, -0.15) is 0 Å². The molecule has 0 radical (unpaired) electrons. The van der Waals surface area contributed by atoms with E-state index in [2.05, 4.69) is 48.6 Å². The second-order valence-corrected chi connectivity index (χ2v) is 8.68. The van der Waals surface area contributed by atoms with Crippen molar-refractivity contribution in [2.45, 2.75) is 52.8 Å². The Kier molecular flexibility index (Phi) is 10.1. The fraction of sp³-hybridized carbons (Fsp3) is 0.560. The van der Waals surface area contributed by atoms with Gasteiger partial charge < -0.3 is 19.3 Å². The molecule has 31 heavy (non-hydrogen) atoms. The predicted molar refractivity (Wildman–Crippen MR) is 126 cm³/mol. The highest BCUT2D eigenvalue weighted by atomic mass is 16.5. The highest BCUT2D eigenvalue weighted by molar-refractivity contribution is 5.68. The molecule has 0 unspecified atom stereocenters. The van der Waals surface area contributed by atoms with Crippen LogP contribution in [-0.2, 0) is 11.3 Å². The minimum Gasteiger partial charge on any atom is -0.389 e. The highest BCUT2D eigenvalue weighted by Crippen LogP contribution is 2.33. The third-order valence-electron chi connectivity index (χ3n) is 5.28. The molecule has 1 N–H and O–H groups in total. The average Bonchev–Trinajstić information content (AvgIpc) is 3.15. The molecular formula is C25H37N3O3. The Morgan fingerprint density at radius 1 is 1.19 bits per heavy atom. The number of aliphatic hydroxyl groups is 1. The van der Waals surface area contributed by atoms with Crippen molar-refractivity contribution >= 4 is 5.88 Å². The van der Waals surface area contributed by atoms with Crippen LogP contribution in [0.15, 0.2) is 34.9 Å². The van der Waals surface area contributed by atoms with Crippen LogP contribution in [0.2, 0.25) is 0 Å². The molecule has 0 aliphatic heterocycles. The summed E-state index contributed by atoms with van der Waals surface area (Å²) in [6, 6.07) is 10.3. The molecule has 1 heterocycles. The molecule has 170 valence electrons. The molecular weight excluding hydrogens is 390 g/mol. The molecule has 1 atom stereocenters. The maximum Gasteiger partial charge on any atom is 0.232 e. The van der Waals surface area contributed by atoms with E-state index in [4.69, 9.17) is 15.7 Å². The first kappa shape index (κ1) is 24.9. The van der Waals surface area contributed by atoms with Crippen LogP contribution in [0, 0.1) is 18.3 Å². The summed E-state index contributed by atoms with van der Waals surface area (Å²) in [5.41, 5.74) is 2.89.